The third-order valence-corrected chi connectivity index (χ3v) is 4.29. The Hall–Kier alpha value is -2.43. The summed E-state index contributed by atoms with van der Waals surface area (Å²) >= 11 is 0. The minimum atomic E-state index is 0.149. The molecular formula is C19H23N3O2. The first-order valence-corrected chi connectivity index (χ1v) is 8.46. The highest BCUT2D eigenvalue weighted by Gasteiger charge is 2.25. The number of ether oxygens (including phenoxy) is 1. The standard InChI is InChI=1S/C19H23N3O2/c1-15-12-20-13-18(21-15)16-6-5-10-22(14-16)19(23)9-11-24-17-7-3-2-4-8-17/h2-4,7-8,12-13,16H,5-6,9-11,14H2,1H3. The van der Waals surface area contributed by atoms with Gasteiger partial charge in [0, 0.05) is 31.4 Å². The summed E-state index contributed by atoms with van der Waals surface area (Å²) in [6.07, 6.45) is 6.05. The van der Waals surface area contributed by atoms with Crippen LogP contribution in [0, 0.1) is 6.92 Å². The molecule has 0 aliphatic carbocycles. The molecule has 1 aliphatic rings. The fourth-order valence-corrected chi connectivity index (χ4v) is 3.06. The normalized spacial score (nSPS) is 17.5. The number of benzene rings is 1. The van der Waals surface area contributed by atoms with E-state index in [2.05, 4.69) is 9.97 Å². The predicted octanol–water partition coefficient (Wildman–Crippen LogP) is 2.96. The average molecular weight is 325 g/mol. The summed E-state index contributed by atoms with van der Waals surface area (Å²) < 4.78 is 5.62. The van der Waals surface area contributed by atoms with Gasteiger partial charge in [0.15, 0.2) is 0 Å². The molecule has 0 spiro atoms. The van der Waals surface area contributed by atoms with Gasteiger partial charge in [0.1, 0.15) is 5.75 Å². The Morgan fingerprint density at radius 1 is 1.29 bits per heavy atom. The molecule has 2 heterocycles. The number of hydrogen-bond donors (Lipinski definition) is 0. The van der Waals surface area contributed by atoms with Gasteiger partial charge >= 0.3 is 0 Å². The average Bonchev–Trinajstić information content (AvgIpc) is 2.63. The van der Waals surface area contributed by atoms with Crippen LogP contribution in [-0.4, -0.2) is 40.5 Å². The van der Waals surface area contributed by atoms with E-state index in [4.69, 9.17) is 4.74 Å². The zero-order valence-corrected chi connectivity index (χ0v) is 14.0. The monoisotopic (exact) mass is 325 g/mol. The van der Waals surface area contributed by atoms with Crippen molar-refractivity contribution in [3.05, 3.63) is 54.1 Å². The van der Waals surface area contributed by atoms with Crippen LogP contribution in [0.2, 0.25) is 0 Å². The van der Waals surface area contributed by atoms with Gasteiger partial charge in [-0.3, -0.25) is 14.8 Å². The number of aryl methyl sites for hydroxylation is 1. The van der Waals surface area contributed by atoms with Gasteiger partial charge in [0.2, 0.25) is 5.91 Å². The molecule has 2 aromatic rings. The maximum Gasteiger partial charge on any atom is 0.226 e. The topological polar surface area (TPSA) is 55.3 Å². The SMILES string of the molecule is Cc1cncc(C2CCCN(C(=O)CCOc3ccccc3)C2)n1. The number of aromatic nitrogens is 2. The highest BCUT2D eigenvalue weighted by atomic mass is 16.5. The van der Waals surface area contributed by atoms with E-state index in [9.17, 15) is 4.79 Å². The van der Waals surface area contributed by atoms with Gasteiger partial charge < -0.3 is 9.64 Å². The first-order valence-electron chi connectivity index (χ1n) is 8.46. The number of likely N-dealkylation sites (tertiary alicyclic amines) is 1. The molecule has 0 N–H and O–H groups in total. The van der Waals surface area contributed by atoms with E-state index < -0.39 is 0 Å². The summed E-state index contributed by atoms with van der Waals surface area (Å²) in [6.45, 7) is 3.90. The number of para-hydroxylation sites is 1. The van der Waals surface area contributed by atoms with Gasteiger partial charge in [-0.2, -0.15) is 0 Å². The molecule has 1 fully saturated rings. The summed E-state index contributed by atoms with van der Waals surface area (Å²) in [5.74, 6) is 1.23. The third kappa shape index (κ3) is 4.31. The third-order valence-electron chi connectivity index (χ3n) is 4.29. The summed E-state index contributed by atoms with van der Waals surface area (Å²) in [7, 11) is 0. The minimum Gasteiger partial charge on any atom is -0.493 e. The molecule has 24 heavy (non-hydrogen) atoms. The van der Waals surface area contributed by atoms with Crippen molar-refractivity contribution >= 4 is 5.91 Å². The minimum absolute atomic E-state index is 0.149. The molecular weight excluding hydrogens is 302 g/mol. The van der Waals surface area contributed by atoms with E-state index in [-0.39, 0.29) is 11.8 Å². The lowest BCUT2D eigenvalue weighted by Crippen LogP contribution is -2.39. The molecule has 0 bridgehead atoms. The van der Waals surface area contributed by atoms with Crippen molar-refractivity contribution in [3.8, 4) is 5.75 Å². The van der Waals surface area contributed by atoms with Crippen molar-refractivity contribution in [2.45, 2.75) is 32.1 Å². The van der Waals surface area contributed by atoms with Crippen molar-refractivity contribution in [1.82, 2.24) is 14.9 Å². The van der Waals surface area contributed by atoms with Gasteiger partial charge in [0.25, 0.3) is 0 Å². The van der Waals surface area contributed by atoms with Crippen LogP contribution in [0.25, 0.3) is 0 Å². The van der Waals surface area contributed by atoms with Crippen molar-refractivity contribution in [1.29, 1.82) is 0 Å². The fourth-order valence-electron chi connectivity index (χ4n) is 3.06. The van der Waals surface area contributed by atoms with Crippen LogP contribution in [0.3, 0.4) is 0 Å². The fraction of sp³-hybridized carbons (Fsp3) is 0.421. The molecule has 1 aromatic carbocycles. The Morgan fingerprint density at radius 2 is 2.12 bits per heavy atom. The molecule has 1 aromatic heterocycles. The van der Waals surface area contributed by atoms with Crippen LogP contribution in [0.4, 0.5) is 0 Å². The molecule has 126 valence electrons. The number of hydrogen-bond acceptors (Lipinski definition) is 4. The molecule has 1 atom stereocenters. The molecule has 0 radical (unpaired) electrons. The molecule has 5 heteroatoms. The zero-order valence-electron chi connectivity index (χ0n) is 14.0. The van der Waals surface area contributed by atoms with E-state index in [1.165, 1.54) is 0 Å². The first kappa shape index (κ1) is 16.4. The Bertz CT molecular complexity index is 675. The first-order chi connectivity index (χ1) is 11.7. The summed E-state index contributed by atoms with van der Waals surface area (Å²) in [5, 5.41) is 0. The Labute approximate surface area is 142 Å². The number of nitrogens with zero attached hydrogens (tertiary/aromatic N) is 3. The Kier molecular flexibility index (Phi) is 5.41. The second kappa shape index (κ2) is 7.90. The Morgan fingerprint density at radius 3 is 2.92 bits per heavy atom. The summed E-state index contributed by atoms with van der Waals surface area (Å²) in [5.41, 5.74) is 1.92. The molecule has 0 saturated carbocycles. The van der Waals surface area contributed by atoms with Crippen LogP contribution in [-0.2, 0) is 4.79 Å². The number of carbonyl (C=O) groups excluding carboxylic acids is 1. The maximum atomic E-state index is 12.4. The largest absolute Gasteiger partial charge is 0.493 e. The smallest absolute Gasteiger partial charge is 0.226 e. The zero-order chi connectivity index (χ0) is 16.8. The molecule has 5 nitrogen and oxygen atoms in total. The van der Waals surface area contributed by atoms with Crippen LogP contribution >= 0.6 is 0 Å². The lowest BCUT2D eigenvalue weighted by Gasteiger charge is -2.32. The van der Waals surface area contributed by atoms with Gasteiger partial charge in [-0.05, 0) is 31.9 Å². The second-order valence-corrected chi connectivity index (χ2v) is 6.18. The van der Waals surface area contributed by atoms with E-state index in [1.54, 1.807) is 6.20 Å². The van der Waals surface area contributed by atoms with Crippen molar-refractivity contribution in [2.75, 3.05) is 19.7 Å². The van der Waals surface area contributed by atoms with Crippen molar-refractivity contribution in [3.63, 3.8) is 0 Å². The number of carbonyl (C=O) groups is 1. The number of rotatable bonds is 5. The number of piperidine rings is 1. The van der Waals surface area contributed by atoms with E-state index in [0.717, 1.165) is 43.1 Å². The molecule has 3 rings (SSSR count). The molecule has 1 saturated heterocycles. The summed E-state index contributed by atoms with van der Waals surface area (Å²) in [4.78, 5) is 23.2. The van der Waals surface area contributed by atoms with Gasteiger partial charge in [-0.25, -0.2) is 0 Å². The Balaban J connectivity index is 1.51. The second-order valence-electron chi connectivity index (χ2n) is 6.18. The lowest BCUT2D eigenvalue weighted by atomic mass is 9.94. The van der Waals surface area contributed by atoms with Gasteiger partial charge in [-0.1, -0.05) is 18.2 Å². The molecule has 1 aliphatic heterocycles. The maximum absolute atomic E-state index is 12.4. The molecule has 1 unspecified atom stereocenters. The van der Waals surface area contributed by atoms with Gasteiger partial charge in [-0.15, -0.1) is 0 Å². The predicted molar refractivity (Wildman–Crippen MR) is 91.9 cm³/mol. The van der Waals surface area contributed by atoms with Crippen LogP contribution in [0.5, 0.6) is 5.75 Å². The van der Waals surface area contributed by atoms with Crippen LogP contribution < -0.4 is 4.74 Å². The van der Waals surface area contributed by atoms with Crippen LogP contribution in [0.15, 0.2) is 42.7 Å². The van der Waals surface area contributed by atoms with Gasteiger partial charge in [0.05, 0.1) is 24.4 Å². The quantitative estimate of drug-likeness (QED) is 0.848. The lowest BCUT2D eigenvalue weighted by molar-refractivity contribution is -0.132. The van der Waals surface area contributed by atoms with E-state index in [0.29, 0.717) is 13.0 Å². The van der Waals surface area contributed by atoms with E-state index in [1.807, 2.05) is 48.4 Å². The van der Waals surface area contributed by atoms with Crippen molar-refractivity contribution in [2.24, 2.45) is 0 Å². The summed E-state index contributed by atoms with van der Waals surface area (Å²) in [6, 6.07) is 9.60. The number of amides is 1. The van der Waals surface area contributed by atoms with Crippen LogP contribution in [0.1, 0.15) is 36.6 Å². The highest BCUT2D eigenvalue weighted by molar-refractivity contribution is 5.76. The van der Waals surface area contributed by atoms with Crippen molar-refractivity contribution < 1.29 is 9.53 Å². The highest BCUT2D eigenvalue weighted by Crippen LogP contribution is 2.25. The van der Waals surface area contributed by atoms with E-state index >= 15 is 0 Å². The molecule has 1 amide bonds.